The van der Waals surface area contributed by atoms with Crippen molar-refractivity contribution in [2.45, 2.75) is 27.3 Å². The lowest BCUT2D eigenvalue weighted by Crippen LogP contribution is -2.37. The molecule has 2 rings (SSSR count). The smallest absolute Gasteiger partial charge is 0.0642 e. The number of morpholine rings is 1. The summed E-state index contributed by atoms with van der Waals surface area (Å²) in [5.74, 6) is 0.691. The maximum Gasteiger partial charge on any atom is 0.0642 e. The summed E-state index contributed by atoms with van der Waals surface area (Å²) in [6, 6.07) is 6.77. The van der Waals surface area contributed by atoms with Crippen molar-refractivity contribution in [3.05, 3.63) is 29.3 Å². The van der Waals surface area contributed by atoms with E-state index in [-0.39, 0.29) is 0 Å². The highest BCUT2D eigenvalue weighted by molar-refractivity contribution is 5.55. The molecule has 1 aromatic rings. The molecule has 0 aromatic heterocycles. The van der Waals surface area contributed by atoms with Crippen molar-refractivity contribution in [2.75, 3.05) is 37.7 Å². The van der Waals surface area contributed by atoms with Crippen LogP contribution in [-0.2, 0) is 11.3 Å². The number of ether oxygens (including phenoxy) is 1. The molecule has 1 aliphatic heterocycles. The van der Waals surface area contributed by atoms with Crippen molar-refractivity contribution in [1.82, 2.24) is 5.32 Å². The zero-order valence-corrected chi connectivity index (χ0v) is 12.4. The van der Waals surface area contributed by atoms with Crippen LogP contribution in [-0.4, -0.2) is 32.8 Å². The van der Waals surface area contributed by atoms with E-state index >= 15 is 0 Å². The van der Waals surface area contributed by atoms with Gasteiger partial charge in [0.2, 0.25) is 0 Å². The number of rotatable bonds is 5. The third-order valence-electron chi connectivity index (χ3n) is 3.45. The Morgan fingerprint density at radius 1 is 1.26 bits per heavy atom. The molecular formula is C16H26N2O. The molecule has 0 saturated carbocycles. The minimum atomic E-state index is 0.691. The van der Waals surface area contributed by atoms with Crippen molar-refractivity contribution in [3.8, 4) is 0 Å². The van der Waals surface area contributed by atoms with Gasteiger partial charge >= 0.3 is 0 Å². The average molecular weight is 262 g/mol. The van der Waals surface area contributed by atoms with Crippen LogP contribution in [0.5, 0.6) is 0 Å². The summed E-state index contributed by atoms with van der Waals surface area (Å²) in [7, 11) is 0. The highest BCUT2D eigenvalue weighted by Gasteiger charge is 2.14. The Bertz CT molecular complexity index is 398. The predicted molar refractivity (Wildman–Crippen MR) is 80.8 cm³/mol. The fourth-order valence-corrected chi connectivity index (χ4v) is 2.46. The van der Waals surface area contributed by atoms with Gasteiger partial charge in [0.1, 0.15) is 0 Å². The Hall–Kier alpha value is -1.06. The summed E-state index contributed by atoms with van der Waals surface area (Å²) >= 11 is 0. The van der Waals surface area contributed by atoms with Crippen LogP contribution in [0.15, 0.2) is 18.2 Å². The molecule has 0 bridgehead atoms. The lowest BCUT2D eigenvalue weighted by molar-refractivity contribution is 0.122. The predicted octanol–water partition coefficient (Wildman–Crippen LogP) is 2.58. The van der Waals surface area contributed by atoms with Crippen LogP contribution in [0.3, 0.4) is 0 Å². The first-order valence-electron chi connectivity index (χ1n) is 7.30. The molecule has 0 radical (unpaired) electrons. The average Bonchev–Trinajstić information content (AvgIpc) is 2.39. The van der Waals surface area contributed by atoms with E-state index in [2.05, 4.69) is 49.2 Å². The van der Waals surface area contributed by atoms with Gasteiger partial charge in [-0.2, -0.15) is 0 Å². The van der Waals surface area contributed by atoms with Crippen molar-refractivity contribution in [1.29, 1.82) is 0 Å². The van der Waals surface area contributed by atoms with E-state index < -0.39 is 0 Å². The van der Waals surface area contributed by atoms with Gasteiger partial charge in [-0.1, -0.05) is 31.5 Å². The molecule has 1 N–H and O–H groups in total. The van der Waals surface area contributed by atoms with Gasteiger partial charge in [-0.25, -0.2) is 0 Å². The molecule has 0 aliphatic carbocycles. The topological polar surface area (TPSA) is 24.5 Å². The van der Waals surface area contributed by atoms with Crippen LogP contribution in [0.2, 0.25) is 0 Å². The second-order valence-electron chi connectivity index (χ2n) is 5.76. The Balaban J connectivity index is 2.08. The molecule has 1 aliphatic rings. The molecule has 19 heavy (non-hydrogen) atoms. The van der Waals surface area contributed by atoms with E-state index in [4.69, 9.17) is 4.74 Å². The minimum Gasteiger partial charge on any atom is -0.378 e. The molecular weight excluding hydrogens is 236 g/mol. The number of nitrogens with zero attached hydrogens (tertiary/aromatic N) is 1. The van der Waals surface area contributed by atoms with Gasteiger partial charge < -0.3 is 15.0 Å². The number of nitrogens with one attached hydrogen (secondary N) is 1. The van der Waals surface area contributed by atoms with E-state index in [1.807, 2.05) is 0 Å². The van der Waals surface area contributed by atoms with E-state index in [0.29, 0.717) is 5.92 Å². The van der Waals surface area contributed by atoms with Gasteiger partial charge in [0.25, 0.3) is 0 Å². The first-order chi connectivity index (χ1) is 9.16. The zero-order valence-electron chi connectivity index (χ0n) is 12.4. The molecule has 0 amide bonds. The summed E-state index contributed by atoms with van der Waals surface area (Å²) < 4.78 is 5.44. The number of hydrogen-bond donors (Lipinski definition) is 1. The van der Waals surface area contributed by atoms with Crippen LogP contribution in [0, 0.1) is 12.8 Å². The lowest BCUT2D eigenvalue weighted by Gasteiger charge is -2.31. The monoisotopic (exact) mass is 262 g/mol. The number of benzene rings is 1. The van der Waals surface area contributed by atoms with Crippen molar-refractivity contribution < 1.29 is 4.74 Å². The Labute approximate surface area is 116 Å². The third-order valence-corrected chi connectivity index (χ3v) is 3.45. The van der Waals surface area contributed by atoms with E-state index in [1.54, 1.807) is 0 Å². The van der Waals surface area contributed by atoms with Gasteiger partial charge in [-0.3, -0.25) is 0 Å². The highest BCUT2D eigenvalue weighted by atomic mass is 16.5. The van der Waals surface area contributed by atoms with Gasteiger partial charge in [-0.05, 0) is 31.0 Å². The minimum absolute atomic E-state index is 0.691. The fraction of sp³-hybridized carbons (Fsp3) is 0.625. The van der Waals surface area contributed by atoms with Crippen LogP contribution in [0.4, 0.5) is 5.69 Å². The molecule has 1 fully saturated rings. The summed E-state index contributed by atoms with van der Waals surface area (Å²) in [4.78, 5) is 2.44. The quantitative estimate of drug-likeness (QED) is 0.882. The molecule has 0 atom stereocenters. The summed E-state index contributed by atoms with van der Waals surface area (Å²) in [6.45, 7) is 12.3. The Kier molecular flexibility index (Phi) is 5.23. The third kappa shape index (κ3) is 4.22. The molecule has 3 nitrogen and oxygen atoms in total. The van der Waals surface area contributed by atoms with Gasteiger partial charge in [-0.15, -0.1) is 0 Å². The van der Waals surface area contributed by atoms with Crippen LogP contribution >= 0.6 is 0 Å². The van der Waals surface area contributed by atoms with Crippen molar-refractivity contribution >= 4 is 5.69 Å². The molecule has 106 valence electrons. The molecule has 1 heterocycles. The molecule has 3 heteroatoms. The fourth-order valence-electron chi connectivity index (χ4n) is 2.46. The van der Waals surface area contributed by atoms with Crippen LogP contribution < -0.4 is 10.2 Å². The summed E-state index contributed by atoms with van der Waals surface area (Å²) in [5.41, 5.74) is 4.10. The summed E-state index contributed by atoms with van der Waals surface area (Å²) in [5, 5.41) is 3.55. The van der Waals surface area contributed by atoms with E-state index in [0.717, 1.165) is 39.4 Å². The molecule has 1 saturated heterocycles. The number of hydrogen-bond acceptors (Lipinski definition) is 3. The van der Waals surface area contributed by atoms with E-state index in [1.165, 1.54) is 16.8 Å². The van der Waals surface area contributed by atoms with Gasteiger partial charge in [0.05, 0.1) is 13.2 Å². The number of anilines is 1. The maximum absolute atomic E-state index is 5.44. The van der Waals surface area contributed by atoms with E-state index in [9.17, 15) is 0 Å². The zero-order chi connectivity index (χ0) is 13.7. The van der Waals surface area contributed by atoms with Crippen molar-refractivity contribution in [3.63, 3.8) is 0 Å². The highest BCUT2D eigenvalue weighted by Crippen LogP contribution is 2.23. The maximum atomic E-state index is 5.44. The van der Waals surface area contributed by atoms with Crippen LogP contribution in [0.1, 0.15) is 25.0 Å². The Morgan fingerprint density at radius 3 is 2.68 bits per heavy atom. The largest absolute Gasteiger partial charge is 0.378 e. The second-order valence-corrected chi connectivity index (χ2v) is 5.76. The van der Waals surface area contributed by atoms with Crippen molar-refractivity contribution in [2.24, 2.45) is 5.92 Å². The first-order valence-corrected chi connectivity index (χ1v) is 7.30. The standard InChI is InChI=1S/C16H26N2O/c1-13(2)11-17-12-15-10-14(3)4-5-16(15)18-6-8-19-9-7-18/h4-5,10,13,17H,6-9,11-12H2,1-3H3. The normalized spacial score (nSPS) is 16.1. The first kappa shape index (κ1) is 14.4. The molecule has 1 aromatic carbocycles. The Morgan fingerprint density at radius 2 is 2.00 bits per heavy atom. The number of aryl methyl sites for hydroxylation is 1. The SMILES string of the molecule is Cc1ccc(N2CCOCC2)c(CNCC(C)C)c1. The second kappa shape index (κ2) is 6.92. The van der Waals surface area contributed by atoms with Gasteiger partial charge in [0, 0.05) is 25.3 Å². The van der Waals surface area contributed by atoms with Crippen LogP contribution in [0.25, 0.3) is 0 Å². The summed E-state index contributed by atoms with van der Waals surface area (Å²) in [6.07, 6.45) is 0. The molecule has 0 unspecified atom stereocenters. The lowest BCUT2D eigenvalue weighted by atomic mass is 10.1. The van der Waals surface area contributed by atoms with Gasteiger partial charge in [0.15, 0.2) is 0 Å². The molecule has 0 spiro atoms.